The van der Waals surface area contributed by atoms with Gasteiger partial charge in [-0.15, -0.1) is 0 Å². The van der Waals surface area contributed by atoms with Crippen molar-refractivity contribution in [3.8, 4) is 11.5 Å². The molecule has 1 aromatic carbocycles. The van der Waals surface area contributed by atoms with Crippen molar-refractivity contribution in [2.45, 2.75) is 44.6 Å². The number of nitrogens with one attached hydrogen (secondary N) is 2. The minimum absolute atomic E-state index is 0.221. The lowest BCUT2D eigenvalue weighted by Crippen LogP contribution is -2.30. The van der Waals surface area contributed by atoms with Crippen molar-refractivity contribution in [2.75, 3.05) is 25.3 Å². The van der Waals surface area contributed by atoms with Gasteiger partial charge in [-0.2, -0.15) is 0 Å². The van der Waals surface area contributed by atoms with Gasteiger partial charge < -0.3 is 24.8 Å². The van der Waals surface area contributed by atoms with Crippen molar-refractivity contribution >= 4 is 11.7 Å². The second-order valence-corrected chi connectivity index (χ2v) is 5.93. The van der Waals surface area contributed by atoms with Gasteiger partial charge >= 0.3 is 6.03 Å². The number of carbonyl (C=O) groups is 1. The lowest BCUT2D eigenvalue weighted by atomic mass is 9.98. The summed E-state index contributed by atoms with van der Waals surface area (Å²) < 4.78 is 16.3. The molecule has 3 rings (SSSR count). The molecule has 0 spiro atoms. The third-order valence-corrected chi connectivity index (χ3v) is 4.14. The number of anilines is 1. The fourth-order valence-electron chi connectivity index (χ4n) is 2.91. The molecular weight excluding hydrogens is 296 g/mol. The quantitative estimate of drug-likeness (QED) is 0.789. The standard InChI is InChI=1S/C17H24N2O4/c20-17(18-9-4-10-21-14-5-2-1-3-6-14)19-13-7-8-15-16(11-13)23-12-22-15/h7-8,11,14H,1-6,9-10,12H2,(H2,18,19,20). The summed E-state index contributed by atoms with van der Waals surface area (Å²) in [6, 6.07) is 5.12. The van der Waals surface area contributed by atoms with Gasteiger partial charge in [-0.05, 0) is 31.4 Å². The number of hydrogen-bond acceptors (Lipinski definition) is 4. The first kappa shape index (κ1) is 15.9. The monoisotopic (exact) mass is 320 g/mol. The van der Waals surface area contributed by atoms with Crippen molar-refractivity contribution in [1.82, 2.24) is 5.32 Å². The summed E-state index contributed by atoms with van der Waals surface area (Å²) in [6.07, 6.45) is 7.50. The number of benzene rings is 1. The summed E-state index contributed by atoms with van der Waals surface area (Å²) in [5, 5.41) is 5.62. The van der Waals surface area contributed by atoms with Gasteiger partial charge in [0.15, 0.2) is 11.5 Å². The van der Waals surface area contributed by atoms with Gasteiger partial charge in [0.1, 0.15) is 0 Å². The number of hydrogen-bond donors (Lipinski definition) is 2. The van der Waals surface area contributed by atoms with E-state index in [2.05, 4.69) is 10.6 Å². The number of carbonyl (C=O) groups excluding carboxylic acids is 1. The lowest BCUT2D eigenvalue weighted by molar-refractivity contribution is 0.0276. The van der Waals surface area contributed by atoms with Gasteiger partial charge in [0.2, 0.25) is 6.79 Å². The molecule has 6 heteroatoms. The van der Waals surface area contributed by atoms with Crippen molar-refractivity contribution < 1.29 is 19.0 Å². The Kier molecular flexibility index (Phi) is 5.58. The van der Waals surface area contributed by atoms with Crippen LogP contribution in [0.5, 0.6) is 11.5 Å². The molecule has 1 aromatic rings. The molecule has 1 aliphatic heterocycles. The third kappa shape index (κ3) is 4.76. The maximum Gasteiger partial charge on any atom is 0.319 e. The predicted octanol–water partition coefficient (Wildman–Crippen LogP) is 3.28. The van der Waals surface area contributed by atoms with E-state index in [0.29, 0.717) is 36.4 Å². The first-order chi connectivity index (χ1) is 11.3. The molecule has 1 saturated carbocycles. The number of rotatable bonds is 6. The molecule has 2 N–H and O–H groups in total. The highest BCUT2D eigenvalue weighted by atomic mass is 16.7. The summed E-state index contributed by atoms with van der Waals surface area (Å²) in [6.45, 7) is 1.53. The minimum Gasteiger partial charge on any atom is -0.454 e. The molecule has 0 bridgehead atoms. The smallest absolute Gasteiger partial charge is 0.319 e. The molecule has 1 fully saturated rings. The number of amides is 2. The second kappa shape index (κ2) is 8.06. The highest BCUT2D eigenvalue weighted by Crippen LogP contribution is 2.34. The van der Waals surface area contributed by atoms with E-state index in [1.165, 1.54) is 32.1 Å². The molecule has 0 atom stereocenters. The Labute approximate surface area is 136 Å². The van der Waals surface area contributed by atoms with Gasteiger partial charge in [-0.3, -0.25) is 0 Å². The first-order valence-corrected chi connectivity index (χ1v) is 8.37. The van der Waals surface area contributed by atoms with Crippen LogP contribution in [0.25, 0.3) is 0 Å². The zero-order chi connectivity index (χ0) is 15.9. The van der Waals surface area contributed by atoms with Crippen LogP contribution in [-0.4, -0.2) is 32.1 Å². The average Bonchev–Trinajstić information content (AvgIpc) is 3.03. The Morgan fingerprint density at radius 3 is 2.87 bits per heavy atom. The van der Waals surface area contributed by atoms with Crippen molar-refractivity contribution in [1.29, 1.82) is 0 Å². The Morgan fingerprint density at radius 1 is 1.17 bits per heavy atom. The van der Waals surface area contributed by atoms with E-state index in [1.54, 1.807) is 18.2 Å². The van der Waals surface area contributed by atoms with Crippen molar-refractivity contribution in [3.05, 3.63) is 18.2 Å². The van der Waals surface area contributed by atoms with Crippen LogP contribution in [0.15, 0.2) is 18.2 Å². The molecule has 23 heavy (non-hydrogen) atoms. The van der Waals surface area contributed by atoms with E-state index in [-0.39, 0.29) is 12.8 Å². The van der Waals surface area contributed by atoms with E-state index >= 15 is 0 Å². The van der Waals surface area contributed by atoms with Crippen molar-refractivity contribution in [3.63, 3.8) is 0 Å². The molecule has 0 radical (unpaired) electrons. The van der Waals surface area contributed by atoms with Crippen LogP contribution in [0.3, 0.4) is 0 Å². The van der Waals surface area contributed by atoms with E-state index in [9.17, 15) is 4.79 Å². The Balaban J connectivity index is 1.30. The molecule has 126 valence electrons. The SMILES string of the molecule is O=C(NCCCOC1CCCCC1)Nc1ccc2c(c1)OCO2. The summed E-state index contributed by atoms with van der Waals surface area (Å²) in [4.78, 5) is 11.8. The lowest BCUT2D eigenvalue weighted by Gasteiger charge is -2.21. The van der Waals surface area contributed by atoms with Crippen LogP contribution < -0.4 is 20.1 Å². The Morgan fingerprint density at radius 2 is 2.00 bits per heavy atom. The highest BCUT2D eigenvalue weighted by molar-refractivity contribution is 5.89. The predicted molar refractivity (Wildman–Crippen MR) is 87.0 cm³/mol. The van der Waals surface area contributed by atoms with Gasteiger partial charge in [0.25, 0.3) is 0 Å². The average molecular weight is 320 g/mol. The summed E-state index contributed by atoms with van der Waals surface area (Å²) in [5.74, 6) is 1.36. The van der Waals surface area contributed by atoms with Gasteiger partial charge in [-0.1, -0.05) is 19.3 Å². The second-order valence-electron chi connectivity index (χ2n) is 5.93. The summed E-state index contributed by atoms with van der Waals surface area (Å²) in [7, 11) is 0. The van der Waals surface area contributed by atoms with Crippen LogP contribution in [0.2, 0.25) is 0 Å². The largest absolute Gasteiger partial charge is 0.454 e. The zero-order valence-electron chi connectivity index (χ0n) is 13.3. The normalized spacial score (nSPS) is 17.0. The molecular formula is C17H24N2O4. The maximum absolute atomic E-state index is 11.8. The van der Waals surface area contributed by atoms with E-state index in [4.69, 9.17) is 14.2 Å². The number of ether oxygens (including phenoxy) is 3. The van der Waals surface area contributed by atoms with E-state index in [0.717, 1.165) is 6.42 Å². The van der Waals surface area contributed by atoms with E-state index in [1.807, 2.05) is 0 Å². The third-order valence-electron chi connectivity index (χ3n) is 4.14. The van der Waals surface area contributed by atoms with Crippen LogP contribution >= 0.6 is 0 Å². The molecule has 2 aliphatic rings. The van der Waals surface area contributed by atoms with Crippen molar-refractivity contribution in [2.24, 2.45) is 0 Å². The molecule has 0 unspecified atom stereocenters. The molecule has 0 saturated heterocycles. The van der Waals surface area contributed by atoms with Crippen LogP contribution in [0, 0.1) is 0 Å². The Bertz CT molecular complexity index is 529. The van der Waals surface area contributed by atoms with Crippen LogP contribution in [0.1, 0.15) is 38.5 Å². The van der Waals surface area contributed by atoms with Crippen LogP contribution in [0.4, 0.5) is 10.5 Å². The molecule has 2 amide bonds. The van der Waals surface area contributed by atoms with Crippen LogP contribution in [-0.2, 0) is 4.74 Å². The fraction of sp³-hybridized carbons (Fsp3) is 0.588. The highest BCUT2D eigenvalue weighted by Gasteiger charge is 2.14. The summed E-state index contributed by atoms with van der Waals surface area (Å²) in [5.41, 5.74) is 0.685. The zero-order valence-corrected chi connectivity index (χ0v) is 13.3. The topological polar surface area (TPSA) is 68.8 Å². The number of fused-ring (bicyclic) bond motifs is 1. The van der Waals surface area contributed by atoms with Gasteiger partial charge in [0, 0.05) is 24.9 Å². The molecule has 1 heterocycles. The fourth-order valence-corrected chi connectivity index (χ4v) is 2.91. The minimum atomic E-state index is -0.221. The summed E-state index contributed by atoms with van der Waals surface area (Å²) >= 11 is 0. The first-order valence-electron chi connectivity index (χ1n) is 8.37. The molecule has 1 aliphatic carbocycles. The van der Waals surface area contributed by atoms with Gasteiger partial charge in [-0.25, -0.2) is 4.79 Å². The van der Waals surface area contributed by atoms with Gasteiger partial charge in [0.05, 0.1) is 6.10 Å². The molecule has 0 aromatic heterocycles. The molecule has 6 nitrogen and oxygen atoms in total. The Hall–Kier alpha value is -1.95. The maximum atomic E-state index is 11.8. The van der Waals surface area contributed by atoms with E-state index < -0.39 is 0 Å². The number of urea groups is 1.